The number of anilines is 2. The highest BCUT2D eigenvalue weighted by Gasteiger charge is 1.99. The smallest absolute Gasteiger partial charge is 0.191 e. The molecule has 0 aliphatic carbocycles. The molecule has 0 aliphatic rings. The van der Waals surface area contributed by atoms with Crippen molar-refractivity contribution in [3.63, 3.8) is 0 Å². The van der Waals surface area contributed by atoms with Crippen molar-refractivity contribution in [1.29, 1.82) is 0 Å². The van der Waals surface area contributed by atoms with Crippen molar-refractivity contribution in [2.75, 3.05) is 11.1 Å². The predicted octanol–water partition coefficient (Wildman–Crippen LogP) is 2.37. The third-order valence-corrected chi connectivity index (χ3v) is 2.72. The molecule has 1 aromatic carbocycles. The number of nitrogens with one attached hydrogen (secondary N) is 2. The topological polar surface area (TPSA) is 75.3 Å². The molecule has 4 N–H and O–H groups in total. The molecule has 0 atom stereocenters. The van der Waals surface area contributed by atoms with Crippen molar-refractivity contribution in [2.24, 2.45) is 5.10 Å². The van der Waals surface area contributed by atoms with Crippen LogP contribution in [0.25, 0.3) is 0 Å². The van der Waals surface area contributed by atoms with Crippen molar-refractivity contribution in [3.8, 4) is 0 Å². The number of nitrogens with zero attached hydrogens (tertiary/aromatic N) is 2. The van der Waals surface area contributed by atoms with Gasteiger partial charge in [-0.3, -0.25) is 10.4 Å². The molecule has 0 amide bonds. The highest BCUT2D eigenvalue weighted by atomic mass is 32.1. The molecule has 0 radical (unpaired) electrons. The summed E-state index contributed by atoms with van der Waals surface area (Å²) in [6.45, 7) is 1.86. The minimum absolute atomic E-state index is 0.407. The molecule has 2 rings (SSSR count). The first-order valence-electron chi connectivity index (χ1n) is 6.03. The summed E-state index contributed by atoms with van der Waals surface area (Å²) in [5, 5.41) is 7.60. The van der Waals surface area contributed by atoms with Gasteiger partial charge >= 0.3 is 0 Å². The highest BCUT2D eigenvalue weighted by Crippen LogP contribution is 2.10. The quantitative estimate of drug-likeness (QED) is 0.349. The Hall–Kier alpha value is -2.47. The van der Waals surface area contributed by atoms with Crippen LogP contribution in [-0.2, 0) is 0 Å². The molecule has 0 bridgehead atoms. The van der Waals surface area contributed by atoms with E-state index in [2.05, 4.69) is 20.8 Å². The maximum absolute atomic E-state index is 5.62. The summed E-state index contributed by atoms with van der Waals surface area (Å²) in [6.07, 6.45) is 1.72. The zero-order chi connectivity index (χ0) is 14.4. The first-order chi connectivity index (χ1) is 9.65. The van der Waals surface area contributed by atoms with Crippen LogP contribution in [0.1, 0.15) is 12.6 Å². The number of rotatable bonds is 3. The number of nitrogens with two attached hydrogens (primary N) is 1. The zero-order valence-electron chi connectivity index (χ0n) is 11.0. The zero-order valence-corrected chi connectivity index (χ0v) is 11.8. The van der Waals surface area contributed by atoms with Gasteiger partial charge < -0.3 is 11.1 Å². The lowest BCUT2D eigenvalue weighted by molar-refractivity contribution is 1.03. The second-order valence-electron chi connectivity index (χ2n) is 4.10. The molecule has 0 aliphatic heterocycles. The number of benzene rings is 1. The lowest BCUT2D eigenvalue weighted by Crippen LogP contribution is -2.25. The summed E-state index contributed by atoms with van der Waals surface area (Å²) in [5.74, 6) is 0. The maximum Gasteiger partial charge on any atom is 0.191 e. The number of hydrazone groups is 1. The molecule has 0 saturated carbocycles. The minimum atomic E-state index is 0.407. The first-order valence-corrected chi connectivity index (χ1v) is 6.44. The second kappa shape index (κ2) is 6.63. The Morgan fingerprint density at radius 3 is 2.60 bits per heavy atom. The molecule has 0 unspecified atom stereocenters. The second-order valence-corrected chi connectivity index (χ2v) is 4.51. The van der Waals surface area contributed by atoms with E-state index in [1.54, 1.807) is 18.3 Å². The van der Waals surface area contributed by atoms with Crippen molar-refractivity contribution < 1.29 is 0 Å². The predicted molar refractivity (Wildman–Crippen MR) is 86.7 cm³/mol. The summed E-state index contributed by atoms with van der Waals surface area (Å²) in [4.78, 5) is 4.20. The number of aromatic nitrogens is 1. The molecule has 1 heterocycles. The maximum atomic E-state index is 5.62. The van der Waals surface area contributed by atoms with Gasteiger partial charge in [0.15, 0.2) is 5.11 Å². The van der Waals surface area contributed by atoms with Crippen LogP contribution in [0.15, 0.2) is 53.8 Å². The van der Waals surface area contributed by atoms with Crippen LogP contribution in [0, 0.1) is 0 Å². The van der Waals surface area contributed by atoms with Gasteiger partial charge in [0.1, 0.15) is 0 Å². The summed E-state index contributed by atoms with van der Waals surface area (Å²) >= 11 is 5.16. The van der Waals surface area contributed by atoms with Crippen LogP contribution in [-0.4, -0.2) is 15.8 Å². The largest absolute Gasteiger partial charge is 0.399 e. The number of hydrogen-bond donors (Lipinski definition) is 3. The number of pyridine rings is 1. The molecule has 0 spiro atoms. The van der Waals surface area contributed by atoms with E-state index in [9.17, 15) is 0 Å². The van der Waals surface area contributed by atoms with E-state index < -0.39 is 0 Å². The summed E-state index contributed by atoms with van der Waals surface area (Å²) in [6, 6.07) is 12.9. The van der Waals surface area contributed by atoms with Gasteiger partial charge in [0.2, 0.25) is 0 Å². The summed E-state index contributed by atoms with van der Waals surface area (Å²) < 4.78 is 0. The standard InChI is InChI=1S/C14H15N5S/c1-10(13-4-2-3-9-16-13)18-19-14(20)17-12-7-5-11(15)6-8-12/h2-9H,15H2,1H3,(H2,17,19,20)/b18-10+. The van der Waals surface area contributed by atoms with Gasteiger partial charge in [-0.1, -0.05) is 6.07 Å². The van der Waals surface area contributed by atoms with E-state index in [4.69, 9.17) is 18.0 Å². The fourth-order valence-corrected chi connectivity index (χ4v) is 1.66. The van der Waals surface area contributed by atoms with E-state index in [-0.39, 0.29) is 0 Å². The van der Waals surface area contributed by atoms with E-state index in [0.29, 0.717) is 10.8 Å². The monoisotopic (exact) mass is 285 g/mol. The highest BCUT2D eigenvalue weighted by molar-refractivity contribution is 7.80. The molecule has 102 valence electrons. The molecule has 2 aromatic rings. The molecule has 5 nitrogen and oxygen atoms in total. The van der Waals surface area contributed by atoms with Crippen LogP contribution in [0.5, 0.6) is 0 Å². The van der Waals surface area contributed by atoms with Crippen molar-refractivity contribution >= 4 is 34.4 Å². The average Bonchev–Trinajstić information content (AvgIpc) is 2.48. The van der Waals surface area contributed by atoms with E-state index in [0.717, 1.165) is 17.1 Å². The van der Waals surface area contributed by atoms with E-state index >= 15 is 0 Å². The Bertz CT molecular complexity index is 607. The number of thiocarbonyl (C=S) groups is 1. The van der Waals surface area contributed by atoms with Gasteiger partial charge in [0, 0.05) is 17.6 Å². The number of nitrogen functional groups attached to an aromatic ring is 1. The molecular formula is C14H15N5S. The van der Waals surface area contributed by atoms with Crippen LogP contribution in [0.3, 0.4) is 0 Å². The Morgan fingerprint density at radius 2 is 1.95 bits per heavy atom. The summed E-state index contributed by atoms with van der Waals surface area (Å²) in [5.41, 5.74) is 11.5. The van der Waals surface area contributed by atoms with Crippen molar-refractivity contribution in [3.05, 3.63) is 54.4 Å². The average molecular weight is 285 g/mol. The van der Waals surface area contributed by atoms with Gasteiger partial charge in [-0.15, -0.1) is 0 Å². The SMILES string of the molecule is C/C(=N\NC(=S)Nc1ccc(N)cc1)c1ccccn1. The third-order valence-electron chi connectivity index (χ3n) is 2.53. The van der Waals surface area contributed by atoms with Crippen molar-refractivity contribution in [1.82, 2.24) is 10.4 Å². The molecule has 20 heavy (non-hydrogen) atoms. The Kier molecular flexibility index (Phi) is 4.62. The van der Waals surface area contributed by atoms with Crippen LogP contribution < -0.4 is 16.5 Å². The first kappa shape index (κ1) is 14.0. The van der Waals surface area contributed by atoms with Gasteiger partial charge in [0.05, 0.1) is 11.4 Å². The Balaban J connectivity index is 1.93. The normalized spacial score (nSPS) is 10.9. The molecule has 0 saturated heterocycles. The van der Waals surface area contributed by atoms with Crippen LogP contribution in [0.4, 0.5) is 11.4 Å². The van der Waals surface area contributed by atoms with Crippen LogP contribution in [0.2, 0.25) is 0 Å². The van der Waals surface area contributed by atoms with Crippen molar-refractivity contribution in [2.45, 2.75) is 6.92 Å². The fourth-order valence-electron chi connectivity index (χ4n) is 1.49. The molecular weight excluding hydrogens is 270 g/mol. The van der Waals surface area contributed by atoms with E-state index in [1.165, 1.54) is 0 Å². The lowest BCUT2D eigenvalue weighted by atomic mass is 10.3. The molecule has 1 aromatic heterocycles. The number of hydrogen-bond acceptors (Lipinski definition) is 4. The summed E-state index contributed by atoms with van der Waals surface area (Å²) in [7, 11) is 0. The van der Waals surface area contributed by atoms with Gasteiger partial charge in [-0.25, -0.2) is 0 Å². The molecule has 0 fully saturated rings. The van der Waals surface area contributed by atoms with Gasteiger partial charge in [-0.05, 0) is 55.5 Å². The molecule has 6 heteroatoms. The third kappa shape index (κ3) is 4.03. The Labute approximate surface area is 122 Å². The Morgan fingerprint density at radius 1 is 1.20 bits per heavy atom. The van der Waals surface area contributed by atoms with Gasteiger partial charge in [0.25, 0.3) is 0 Å². The lowest BCUT2D eigenvalue weighted by Gasteiger charge is -2.08. The fraction of sp³-hybridized carbons (Fsp3) is 0.0714. The van der Waals surface area contributed by atoms with E-state index in [1.807, 2.05) is 37.3 Å². The minimum Gasteiger partial charge on any atom is -0.399 e. The van der Waals surface area contributed by atoms with Crippen LogP contribution >= 0.6 is 12.2 Å². The van der Waals surface area contributed by atoms with Gasteiger partial charge in [-0.2, -0.15) is 5.10 Å².